The minimum absolute atomic E-state index is 0.0546. The summed E-state index contributed by atoms with van der Waals surface area (Å²) in [6.45, 7) is 14.6. The average Bonchev–Trinajstić information content (AvgIpc) is 3.02. The molecule has 4 rings (SSSR count). The maximum absolute atomic E-state index is 13.3. The second kappa shape index (κ2) is 8.30. The second-order valence-corrected chi connectivity index (χ2v) is 11.8. The molecule has 2 aliphatic heterocycles. The first-order chi connectivity index (χ1) is 15.4. The molecule has 0 aromatic heterocycles. The Kier molecular flexibility index (Phi) is 5.92. The standard InChI is InChI=1S/C29H37NO3/c1-27(2,3)21-16-20(17-22(18-21)28(4,5)6)12-13-25(31)30-15-9-14-29(19-30)24-11-8-7-10-23(24)26(32)33-29/h7-8,10-11,16-18H,9,12-15,19H2,1-6H3. The van der Waals surface area contributed by atoms with Gasteiger partial charge in [-0.25, -0.2) is 4.79 Å². The van der Waals surface area contributed by atoms with Crippen LogP contribution in [0.2, 0.25) is 0 Å². The van der Waals surface area contributed by atoms with E-state index in [2.05, 4.69) is 59.7 Å². The van der Waals surface area contributed by atoms with Gasteiger partial charge in [0.25, 0.3) is 0 Å². The van der Waals surface area contributed by atoms with Gasteiger partial charge in [0.05, 0.1) is 12.1 Å². The van der Waals surface area contributed by atoms with E-state index in [1.807, 2.05) is 29.2 Å². The molecule has 2 aromatic rings. The molecule has 0 radical (unpaired) electrons. The van der Waals surface area contributed by atoms with Crippen LogP contribution < -0.4 is 0 Å². The molecule has 2 aromatic carbocycles. The Labute approximate surface area is 198 Å². The highest BCUT2D eigenvalue weighted by Crippen LogP contribution is 2.43. The summed E-state index contributed by atoms with van der Waals surface area (Å²) in [6.07, 6.45) is 2.78. The van der Waals surface area contributed by atoms with Crippen LogP contribution in [0, 0.1) is 0 Å². The molecule has 0 N–H and O–H groups in total. The largest absolute Gasteiger partial charge is 0.449 e. The van der Waals surface area contributed by atoms with Crippen molar-refractivity contribution in [1.82, 2.24) is 4.90 Å². The number of nitrogens with zero attached hydrogens (tertiary/aromatic N) is 1. The number of esters is 1. The summed E-state index contributed by atoms with van der Waals surface area (Å²) in [6, 6.07) is 14.4. The molecule has 0 aliphatic carbocycles. The predicted octanol–water partition coefficient (Wildman–Crippen LogP) is 5.90. The molecule has 2 aliphatic rings. The summed E-state index contributed by atoms with van der Waals surface area (Å²) < 4.78 is 5.88. The highest BCUT2D eigenvalue weighted by Gasteiger charge is 2.48. The predicted molar refractivity (Wildman–Crippen MR) is 132 cm³/mol. The first-order valence-electron chi connectivity index (χ1n) is 12.1. The third-order valence-electron chi connectivity index (χ3n) is 7.09. The Bertz CT molecular complexity index is 1040. The van der Waals surface area contributed by atoms with Crippen LogP contribution in [0.15, 0.2) is 42.5 Å². The van der Waals surface area contributed by atoms with Crippen LogP contribution in [0.5, 0.6) is 0 Å². The lowest BCUT2D eigenvalue weighted by molar-refractivity contribution is -0.138. The van der Waals surface area contributed by atoms with E-state index in [1.54, 1.807) is 0 Å². The molecule has 33 heavy (non-hydrogen) atoms. The number of carbonyl (C=O) groups excluding carboxylic acids is 2. The van der Waals surface area contributed by atoms with E-state index in [4.69, 9.17) is 4.74 Å². The minimum atomic E-state index is -0.687. The van der Waals surface area contributed by atoms with Crippen molar-refractivity contribution in [2.24, 2.45) is 0 Å². The minimum Gasteiger partial charge on any atom is -0.449 e. The Morgan fingerprint density at radius 2 is 1.64 bits per heavy atom. The normalized spacial score (nSPS) is 20.7. The molecule has 4 heteroatoms. The Hall–Kier alpha value is -2.62. The molecule has 1 saturated heterocycles. The van der Waals surface area contributed by atoms with Gasteiger partial charge < -0.3 is 9.64 Å². The van der Waals surface area contributed by atoms with Crippen LogP contribution in [0.3, 0.4) is 0 Å². The summed E-state index contributed by atoms with van der Waals surface area (Å²) in [5.41, 5.74) is 4.82. The topological polar surface area (TPSA) is 46.6 Å². The van der Waals surface area contributed by atoms with Crippen LogP contribution in [0.25, 0.3) is 0 Å². The number of hydrogen-bond acceptors (Lipinski definition) is 3. The fourth-order valence-electron chi connectivity index (χ4n) is 5.00. The number of aryl methyl sites for hydroxylation is 1. The monoisotopic (exact) mass is 447 g/mol. The Morgan fingerprint density at radius 3 is 2.27 bits per heavy atom. The lowest BCUT2D eigenvalue weighted by Crippen LogP contribution is -2.48. The SMILES string of the molecule is CC(C)(C)c1cc(CCC(=O)N2CCCC3(C2)OC(=O)c2ccccc23)cc(C(C)(C)C)c1. The number of hydrogen-bond donors (Lipinski definition) is 0. The second-order valence-electron chi connectivity index (χ2n) is 11.8. The van der Waals surface area contributed by atoms with Crippen molar-refractivity contribution < 1.29 is 14.3 Å². The molecule has 1 fully saturated rings. The van der Waals surface area contributed by atoms with Gasteiger partial charge in [0.15, 0.2) is 5.60 Å². The van der Waals surface area contributed by atoms with Gasteiger partial charge in [-0.2, -0.15) is 0 Å². The Morgan fingerprint density at radius 1 is 1.00 bits per heavy atom. The van der Waals surface area contributed by atoms with E-state index in [0.717, 1.165) is 24.9 Å². The number of carbonyl (C=O) groups is 2. The van der Waals surface area contributed by atoms with E-state index in [-0.39, 0.29) is 22.7 Å². The van der Waals surface area contributed by atoms with Crippen molar-refractivity contribution in [2.75, 3.05) is 13.1 Å². The average molecular weight is 448 g/mol. The molecule has 0 bridgehead atoms. The molecular formula is C29H37NO3. The van der Waals surface area contributed by atoms with E-state index in [9.17, 15) is 9.59 Å². The molecule has 1 unspecified atom stereocenters. The molecule has 4 nitrogen and oxygen atoms in total. The third-order valence-corrected chi connectivity index (χ3v) is 7.09. The number of piperidine rings is 1. The van der Waals surface area contributed by atoms with E-state index in [1.165, 1.54) is 16.7 Å². The number of ether oxygens (including phenoxy) is 1. The molecule has 1 atom stereocenters. The quantitative estimate of drug-likeness (QED) is 0.550. The molecule has 1 spiro atoms. The van der Waals surface area contributed by atoms with Crippen molar-refractivity contribution in [2.45, 2.75) is 83.7 Å². The summed E-state index contributed by atoms with van der Waals surface area (Å²) >= 11 is 0. The van der Waals surface area contributed by atoms with Gasteiger partial charge in [-0.1, -0.05) is 77.9 Å². The van der Waals surface area contributed by atoms with Crippen LogP contribution >= 0.6 is 0 Å². The van der Waals surface area contributed by atoms with Crippen molar-refractivity contribution >= 4 is 11.9 Å². The van der Waals surface area contributed by atoms with Gasteiger partial charge in [0.2, 0.25) is 5.91 Å². The van der Waals surface area contributed by atoms with Crippen LogP contribution in [0.4, 0.5) is 0 Å². The lowest BCUT2D eigenvalue weighted by Gasteiger charge is -2.39. The van der Waals surface area contributed by atoms with Crippen molar-refractivity contribution in [3.8, 4) is 0 Å². The maximum Gasteiger partial charge on any atom is 0.339 e. The van der Waals surface area contributed by atoms with Crippen molar-refractivity contribution in [1.29, 1.82) is 0 Å². The third kappa shape index (κ3) is 4.71. The van der Waals surface area contributed by atoms with Gasteiger partial charge in [-0.15, -0.1) is 0 Å². The summed E-state index contributed by atoms with van der Waals surface area (Å²) in [5.74, 6) is -0.137. The molecule has 2 heterocycles. The lowest BCUT2D eigenvalue weighted by atomic mass is 9.79. The highest BCUT2D eigenvalue weighted by atomic mass is 16.6. The van der Waals surface area contributed by atoms with E-state index >= 15 is 0 Å². The first-order valence-corrected chi connectivity index (χ1v) is 12.1. The van der Waals surface area contributed by atoms with Gasteiger partial charge in [-0.05, 0) is 52.8 Å². The smallest absolute Gasteiger partial charge is 0.339 e. The maximum atomic E-state index is 13.3. The number of likely N-dealkylation sites (tertiary alicyclic amines) is 1. The summed E-state index contributed by atoms with van der Waals surface area (Å²) in [5, 5.41) is 0. The zero-order valence-corrected chi connectivity index (χ0v) is 21.0. The van der Waals surface area contributed by atoms with E-state index < -0.39 is 5.60 Å². The van der Waals surface area contributed by atoms with Crippen molar-refractivity contribution in [3.05, 3.63) is 70.3 Å². The van der Waals surface area contributed by atoms with Crippen LogP contribution in [-0.2, 0) is 32.4 Å². The van der Waals surface area contributed by atoms with Crippen LogP contribution in [-0.4, -0.2) is 29.9 Å². The van der Waals surface area contributed by atoms with Gasteiger partial charge >= 0.3 is 5.97 Å². The number of rotatable bonds is 3. The number of amides is 1. The highest BCUT2D eigenvalue weighted by molar-refractivity contribution is 5.95. The molecular weight excluding hydrogens is 410 g/mol. The first kappa shape index (κ1) is 23.5. The fourth-order valence-corrected chi connectivity index (χ4v) is 5.00. The summed E-state index contributed by atoms with van der Waals surface area (Å²) in [7, 11) is 0. The zero-order valence-electron chi connectivity index (χ0n) is 21.0. The number of fused-ring (bicyclic) bond motifs is 2. The van der Waals surface area contributed by atoms with Gasteiger partial charge in [-0.3, -0.25) is 4.79 Å². The van der Waals surface area contributed by atoms with E-state index in [0.29, 0.717) is 24.9 Å². The molecule has 0 saturated carbocycles. The number of benzene rings is 2. The van der Waals surface area contributed by atoms with Gasteiger partial charge in [0.1, 0.15) is 0 Å². The molecule has 1 amide bonds. The fraction of sp³-hybridized carbons (Fsp3) is 0.517. The van der Waals surface area contributed by atoms with Crippen molar-refractivity contribution in [3.63, 3.8) is 0 Å². The van der Waals surface area contributed by atoms with Crippen LogP contribution in [0.1, 0.15) is 93.4 Å². The Balaban J connectivity index is 1.50. The summed E-state index contributed by atoms with van der Waals surface area (Å²) in [4.78, 5) is 27.6. The van der Waals surface area contributed by atoms with Gasteiger partial charge in [0, 0.05) is 18.5 Å². The molecule has 176 valence electrons. The zero-order chi connectivity index (χ0) is 24.0.